The second-order valence-electron chi connectivity index (χ2n) is 10.6. The highest BCUT2D eigenvalue weighted by Gasteiger charge is 2.12. The summed E-state index contributed by atoms with van der Waals surface area (Å²) in [6.07, 6.45) is 8.52. The third-order valence-electron chi connectivity index (χ3n) is 8.15. The van der Waals surface area contributed by atoms with Crippen molar-refractivity contribution in [1.82, 2.24) is 9.13 Å². The Bertz CT molecular complexity index is 2000. The number of fused-ring (bicyclic) bond motifs is 6. The summed E-state index contributed by atoms with van der Waals surface area (Å²) < 4.78 is 4.70. The van der Waals surface area contributed by atoms with Crippen LogP contribution in [0.25, 0.3) is 67.1 Å². The Balaban J connectivity index is 1.02. The molecule has 0 unspecified atom stereocenters. The maximum atomic E-state index is 2.35. The first-order chi connectivity index (χ1) is 20.8. The molecule has 6 aromatic carbocycles. The summed E-state index contributed by atoms with van der Waals surface area (Å²) in [5, 5.41) is 5.13. The van der Waals surface area contributed by atoms with E-state index in [4.69, 9.17) is 0 Å². The van der Waals surface area contributed by atoms with Crippen LogP contribution in [0, 0.1) is 0 Å². The van der Waals surface area contributed by atoms with Gasteiger partial charge in [0.15, 0.2) is 0 Å². The molecule has 2 heterocycles. The normalized spacial score (nSPS) is 12.1. The van der Waals surface area contributed by atoms with Crippen LogP contribution in [-0.4, -0.2) is 9.13 Å². The molecule has 42 heavy (non-hydrogen) atoms. The molecule has 0 N–H and O–H groups in total. The lowest BCUT2D eigenvalue weighted by Gasteiger charge is -2.08. The molecule has 0 aliphatic rings. The van der Waals surface area contributed by atoms with Gasteiger partial charge in [0.1, 0.15) is 0 Å². The van der Waals surface area contributed by atoms with Crippen molar-refractivity contribution in [3.05, 3.63) is 169 Å². The van der Waals surface area contributed by atoms with Crippen molar-refractivity contribution in [2.45, 2.75) is 0 Å². The second kappa shape index (κ2) is 10.1. The van der Waals surface area contributed by atoms with Gasteiger partial charge in [-0.15, -0.1) is 0 Å². The first-order valence-corrected chi connectivity index (χ1v) is 14.4. The van der Waals surface area contributed by atoms with E-state index in [0.29, 0.717) is 0 Å². The zero-order valence-electron chi connectivity index (χ0n) is 23.1. The third-order valence-corrected chi connectivity index (χ3v) is 8.15. The number of allylic oxidation sites excluding steroid dienone is 2. The van der Waals surface area contributed by atoms with Crippen molar-refractivity contribution >= 4 is 55.8 Å². The van der Waals surface area contributed by atoms with Crippen LogP contribution in [0.5, 0.6) is 0 Å². The Labute approximate surface area is 244 Å². The maximum absolute atomic E-state index is 2.35. The molecule has 8 rings (SSSR count). The van der Waals surface area contributed by atoms with Gasteiger partial charge < -0.3 is 9.13 Å². The van der Waals surface area contributed by atoms with E-state index in [1.807, 2.05) is 0 Å². The minimum atomic E-state index is 1.17. The molecule has 2 nitrogen and oxygen atoms in total. The van der Waals surface area contributed by atoms with Gasteiger partial charge in [-0.1, -0.05) is 121 Å². The van der Waals surface area contributed by atoms with Gasteiger partial charge >= 0.3 is 0 Å². The van der Waals surface area contributed by atoms with E-state index in [1.165, 1.54) is 66.1 Å². The molecule has 0 amide bonds. The minimum absolute atomic E-state index is 1.17. The number of aromatic nitrogens is 2. The Hall–Kier alpha value is -5.60. The highest BCUT2D eigenvalue weighted by molar-refractivity contribution is 6.10. The van der Waals surface area contributed by atoms with Crippen LogP contribution >= 0.6 is 0 Å². The summed E-state index contributed by atoms with van der Waals surface area (Å²) in [7, 11) is 0. The molecule has 0 spiro atoms. The number of para-hydroxylation sites is 4. The first kappa shape index (κ1) is 24.2. The fourth-order valence-corrected chi connectivity index (χ4v) is 6.20. The molecular weight excluding hydrogens is 508 g/mol. The predicted octanol–water partition coefficient (Wildman–Crippen LogP) is 10.6. The Kier molecular flexibility index (Phi) is 5.82. The van der Waals surface area contributed by atoms with Gasteiger partial charge in [-0.2, -0.15) is 0 Å². The van der Waals surface area contributed by atoms with Crippen molar-refractivity contribution in [1.29, 1.82) is 0 Å². The van der Waals surface area contributed by atoms with Crippen LogP contribution in [-0.2, 0) is 0 Å². The third kappa shape index (κ3) is 4.05. The van der Waals surface area contributed by atoms with E-state index in [0.717, 1.165) is 0 Å². The van der Waals surface area contributed by atoms with E-state index in [1.54, 1.807) is 0 Å². The van der Waals surface area contributed by atoms with Crippen LogP contribution in [0.15, 0.2) is 158 Å². The van der Waals surface area contributed by atoms with Gasteiger partial charge in [-0.25, -0.2) is 0 Å². The monoisotopic (exact) mass is 536 g/mol. The zero-order valence-corrected chi connectivity index (χ0v) is 23.1. The summed E-state index contributed by atoms with van der Waals surface area (Å²) in [5.74, 6) is 0. The largest absolute Gasteiger partial charge is 0.309 e. The second-order valence-corrected chi connectivity index (χ2v) is 10.6. The van der Waals surface area contributed by atoms with Crippen LogP contribution in [0.3, 0.4) is 0 Å². The molecule has 0 aliphatic heterocycles. The Morgan fingerprint density at radius 1 is 0.310 bits per heavy atom. The van der Waals surface area contributed by atoms with Crippen molar-refractivity contribution in [2.24, 2.45) is 0 Å². The van der Waals surface area contributed by atoms with E-state index < -0.39 is 0 Å². The number of benzene rings is 6. The summed E-state index contributed by atoms with van der Waals surface area (Å²) in [6, 6.07) is 52.0. The fraction of sp³-hybridized carbons (Fsp3) is 0. The molecule has 0 radical (unpaired) electrons. The SMILES string of the molecule is C(=Cc1ccc(-n2c3ccccc3c3ccccc32)cc1)/C=C/c1ccc(-n2c3ccccc3c3ccccc32)cc1. The van der Waals surface area contributed by atoms with Crippen LogP contribution in [0.2, 0.25) is 0 Å². The molecule has 0 saturated carbocycles. The fourth-order valence-electron chi connectivity index (χ4n) is 6.20. The Morgan fingerprint density at radius 2 is 0.595 bits per heavy atom. The van der Waals surface area contributed by atoms with Gasteiger partial charge in [0.25, 0.3) is 0 Å². The molecule has 0 saturated heterocycles. The average Bonchev–Trinajstić information content (AvgIpc) is 3.57. The molecule has 2 heteroatoms. The number of nitrogens with zero attached hydrogens (tertiary/aromatic N) is 2. The molecule has 2 aromatic heterocycles. The summed E-state index contributed by atoms with van der Waals surface area (Å²) in [5.41, 5.74) is 9.61. The van der Waals surface area contributed by atoms with Gasteiger partial charge in [-0.05, 0) is 59.7 Å². The molecular formula is C40H28N2. The lowest BCUT2D eigenvalue weighted by Crippen LogP contribution is -1.93. The average molecular weight is 537 g/mol. The van der Waals surface area contributed by atoms with E-state index in [2.05, 4.69) is 179 Å². The highest BCUT2D eigenvalue weighted by atomic mass is 15.0. The van der Waals surface area contributed by atoms with Gasteiger partial charge in [0.2, 0.25) is 0 Å². The number of hydrogen-bond acceptors (Lipinski definition) is 0. The number of rotatable bonds is 5. The van der Waals surface area contributed by atoms with Crippen LogP contribution < -0.4 is 0 Å². The standard InChI is InChI=1S/C40H28N2/c1(11-29-21-25-31(26-22-29)41-37-17-7-3-13-33(37)34-14-4-8-18-38(34)41)2-12-30-23-27-32(28-24-30)42-39-19-9-5-15-35(39)36-16-6-10-20-40(36)42/h1-28H/b11-1+,12-2?. The van der Waals surface area contributed by atoms with Gasteiger partial charge in [0.05, 0.1) is 22.1 Å². The van der Waals surface area contributed by atoms with E-state index in [-0.39, 0.29) is 0 Å². The summed E-state index contributed by atoms with van der Waals surface area (Å²) in [4.78, 5) is 0. The predicted molar refractivity (Wildman–Crippen MR) is 180 cm³/mol. The van der Waals surface area contributed by atoms with Crippen molar-refractivity contribution in [2.75, 3.05) is 0 Å². The highest BCUT2D eigenvalue weighted by Crippen LogP contribution is 2.33. The van der Waals surface area contributed by atoms with E-state index >= 15 is 0 Å². The topological polar surface area (TPSA) is 9.86 Å². The van der Waals surface area contributed by atoms with Crippen molar-refractivity contribution < 1.29 is 0 Å². The molecule has 0 fully saturated rings. The van der Waals surface area contributed by atoms with Crippen LogP contribution in [0.1, 0.15) is 11.1 Å². The van der Waals surface area contributed by atoms with Crippen molar-refractivity contribution in [3.8, 4) is 11.4 Å². The molecule has 0 bridgehead atoms. The van der Waals surface area contributed by atoms with Crippen LogP contribution in [0.4, 0.5) is 0 Å². The smallest absolute Gasteiger partial charge is 0.0541 e. The van der Waals surface area contributed by atoms with Gasteiger partial charge in [0, 0.05) is 32.9 Å². The summed E-state index contributed by atoms with van der Waals surface area (Å²) >= 11 is 0. The van der Waals surface area contributed by atoms with Gasteiger partial charge in [-0.3, -0.25) is 0 Å². The Morgan fingerprint density at radius 3 is 0.905 bits per heavy atom. The lowest BCUT2D eigenvalue weighted by atomic mass is 10.1. The van der Waals surface area contributed by atoms with Crippen molar-refractivity contribution in [3.63, 3.8) is 0 Å². The molecule has 0 aliphatic carbocycles. The molecule has 0 atom stereocenters. The summed E-state index contributed by atoms with van der Waals surface area (Å²) in [6.45, 7) is 0. The lowest BCUT2D eigenvalue weighted by molar-refractivity contribution is 1.18. The molecule has 8 aromatic rings. The van der Waals surface area contributed by atoms with E-state index in [9.17, 15) is 0 Å². The minimum Gasteiger partial charge on any atom is -0.309 e. The zero-order chi connectivity index (χ0) is 27.9. The number of hydrogen-bond donors (Lipinski definition) is 0. The quantitative estimate of drug-likeness (QED) is 0.194. The maximum Gasteiger partial charge on any atom is 0.0541 e. The first-order valence-electron chi connectivity index (χ1n) is 14.4. The molecule has 198 valence electrons.